The zero-order valence-electron chi connectivity index (χ0n) is 15.7. The van der Waals surface area contributed by atoms with Crippen molar-refractivity contribution in [2.45, 2.75) is 18.4 Å². The first kappa shape index (κ1) is 20.6. The fourth-order valence-electron chi connectivity index (χ4n) is 3.25. The minimum absolute atomic E-state index is 0.00156. The smallest absolute Gasteiger partial charge is 0.278 e. The van der Waals surface area contributed by atoms with Crippen LogP contribution in [0.25, 0.3) is 16.9 Å². The van der Waals surface area contributed by atoms with Gasteiger partial charge in [-0.15, -0.1) is 0 Å². The van der Waals surface area contributed by atoms with Crippen LogP contribution in [0.3, 0.4) is 0 Å². The number of aliphatic hydroxyl groups is 2. The zero-order valence-corrected chi connectivity index (χ0v) is 16.5. The van der Waals surface area contributed by atoms with Crippen LogP contribution in [0.5, 0.6) is 0 Å². The zero-order chi connectivity index (χ0) is 21.3. The number of rotatable bonds is 5. The van der Waals surface area contributed by atoms with Gasteiger partial charge in [-0.3, -0.25) is 10.1 Å². The summed E-state index contributed by atoms with van der Waals surface area (Å²) in [5.41, 5.74) is 0.635. The second-order valence-electron chi connectivity index (χ2n) is 6.97. The Balaban J connectivity index is 1.81. The predicted molar refractivity (Wildman–Crippen MR) is 109 cm³/mol. The van der Waals surface area contributed by atoms with Crippen molar-refractivity contribution in [2.24, 2.45) is 0 Å². The Kier molecular flexibility index (Phi) is 5.94. The van der Waals surface area contributed by atoms with E-state index in [9.17, 15) is 19.4 Å². The molecule has 4 rings (SSSR count). The van der Waals surface area contributed by atoms with Gasteiger partial charge in [-0.2, -0.15) is 9.78 Å². The topological polar surface area (TPSA) is 96.6 Å². The normalized spacial score (nSPS) is 19.7. The van der Waals surface area contributed by atoms with E-state index in [1.165, 1.54) is 24.3 Å². The summed E-state index contributed by atoms with van der Waals surface area (Å²) in [7, 11) is 0. The molecule has 2 aromatic carbocycles. The van der Waals surface area contributed by atoms with E-state index < -0.39 is 29.8 Å². The van der Waals surface area contributed by atoms with Crippen molar-refractivity contribution in [1.82, 2.24) is 15.1 Å². The van der Waals surface area contributed by atoms with Gasteiger partial charge in [0.25, 0.3) is 5.56 Å². The van der Waals surface area contributed by atoms with E-state index in [1.807, 2.05) is 0 Å². The number of nitrogens with one attached hydrogen (secondary N) is 1. The van der Waals surface area contributed by atoms with Gasteiger partial charge in [0.15, 0.2) is 0 Å². The SMILES string of the molecule is O=c1c(C(O)N[C@H]2COC[C@@H]2O)cc(-c2ccc(Cl)cc2)nn1-c1cccc(F)c1. The van der Waals surface area contributed by atoms with Gasteiger partial charge in [-0.25, -0.2) is 4.39 Å². The summed E-state index contributed by atoms with van der Waals surface area (Å²) in [6.45, 7) is 0.343. The molecule has 0 spiro atoms. The number of hydrogen-bond donors (Lipinski definition) is 3. The maximum absolute atomic E-state index is 13.8. The third kappa shape index (κ3) is 4.28. The molecule has 3 atom stereocenters. The van der Waals surface area contributed by atoms with Gasteiger partial charge in [-0.05, 0) is 36.4 Å². The fourth-order valence-corrected chi connectivity index (χ4v) is 3.37. The number of aliphatic hydroxyl groups excluding tert-OH is 2. The minimum atomic E-state index is -1.40. The van der Waals surface area contributed by atoms with Crippen molar-refractivity contribution in [2.75, 3.05) is 13.2 Å². The predicted octanol–water partition coefficient (Wildman–Crippen LogP) is 2.03. The number of nitrogens with zero attached hydrogens (tertiary/aromatic N) is 2. The number of aromatic nitrogens is 2. The van der Waals surface area contributed by atoms with E-state index in [2.05, 4.69) is 10.4 Å². The molecule has 0 bridgehead atoms. The lowest BCUT2D eigenvalue weighted by Crippen LogP contribution is -2.43. The van der Waals surface area contributed by atoms with Crippen LogP contribution in [0, 0.1) is 5.82 Å². The van der Waals surface area contributed by atoms with Crippen LogP contribution in [0.15, 0.2) is 59.4 Å². The first-order valence-corrected chi connectivity index (χ1v) is 9.66. The summed E-state index contributed by atoms with van der Waals surface area (Å²) in [6, 6.07) is 13.2. The van der Waals surface area contributed by atoms with Crippen LogP contribution in [-0.2, 0) is 4.74 Å². The highest BCUT2D eigenvalue weighted by Crippen LogP contribution is 2.22. The van der Waals surface area contributed by atoms with Crippen molar-refractivity contribution < 1.29 is 19.3 Å². The van der Waals surface area contributed by atoms with Gasteiger partial charge in [0.1, 0.15) is 12.0 Å². The van der Waals surface area contributed by atoms with Crippen LogP contribution in [0.2, 0.25) is 5.02 Å². The molecule has 7 nitrogen and oxygen atoms in total. The largest absolute Gasteiger partial charge is 0.389 e. The summed E-state index contributed by atoms with van der Waals surface area (Å²) >= 11 is 5.96. The number of ether oxygens (including phenoxy) is 1. The minimum Gasteiger partial charge on any atom is -0.389 e. The van der Waals surface area contributed by atoms with E-state index in [-0.39, 0.29) is 24.5 Å². The first-order valence-electron chi connectivity index (χ1n) is 9.28. The highest BCUT2D eigenvalue weighted by atomic mass is 35.5. The van der Waals surface area contributed by atoms with Crippen molar-refractivity contribution in [3.63, 3.8) is 0 Å². The summed E-state index contributed by atoms with van der Waals surface area (Å²) in [5, 5.41) is 28.3. The highest BCUT2D eigenvalue weighted by Gasteiger charge is 2.29. The summed E-state index contributed by atoms with van der Waals surface area (Å²) in [5.74, 6) is -0.524. The number of hydrogen-bond acceptors (Lipinski definition) is 6. The molecule has 0 saturated carbocycles. The molecule has 2 heterocycles. The average Bonchev–Trinajstić information content (AvgIpc) is 3.13. The molecule has 1 unspecified atom stereocenters. The third-order valence-electron chi connectivity index (χ3n) is 4.85. The number of benzene rings is 2. The lowest BCUT2D eigenvalue weighted by atomic mass is 10.1. The second kappa shape index (κ2) is 8.63. The Hall–Kier alpha value is -2.62. The van der Waals surface area contributed by atoms with E-state index in [1.54, 1.807) is 30.3 Å². The lowest BCUT2D eigenvalue weighted by Gasteiger charge is -2.20. The maximum Gasteiger partial charge on any atom is 0.278 e. The Bertz CT molecular complexity index is 1110. The molecule has 156 valence electrons. The quantitative estimate of drug-likeness (QED) is 0.535. The van der Waals surface area contributed by atoms with E-state index in [4.69, 9.17) is 16.3 Å². The molecule has 30 heavy (non-hydrogen) atoms. The standard InChI is InChI=1S/C21H19ClFN3O4/c22-13-6-4-12(5-7-13)17-9-16(20(28)24-18-10-30-11-19(18)27)21(29)26(25-17)15-3-1-2-14(23)8-15/h1-9,18-20,24,27-28H,10-11H2/t18-,19-,20?/m0/s1. The van der Waals surface area contributed by atoms with Crippen LogP contribution in [0.4, 0.5) is 4.39 Å². The first-order chi connectivity index (χ1) is 14.4. The van der Waals surface area contributed by atoms with Crippen LogP contribution in [0.1, 0.15) is 11.8 Å². The summed E-state index contributed by atoms with van der Waals surface area (Å²) in [4.78, 5) is 13.1. The van der Waals surface area contributed by atoms with Gasteiger partial charge in [0, 0.05) is 10.6 Å². The maximum atomic E-state index is 13.8. The van der Waals surface area contributed by atoms with Gasteiger partial charge in [0.2, 0.25) is 0 Å². The Labute approximate surface area is 176 Å². The molecule has 3 aromatic rings. The summed E-state index contributed by atoms with van der Waals surface area (Å²) in [6.07, 6.45) is -2.20. The van der Waals surface area contributed by atoms with Gasteiger partial charge in [0.05, 0.1) is 42.3 Å². The van der Waals surface area contributed by atoms with Crippen LogP contribution < -0.4 is 10.9 Å². The summed E-state index contributed by atoms with van der Waals surface area (Å²) < 4.78 is 20.0. The number of halogens is 2. The molecule has 9 heteroatoms. The van der Waals surface area contributed by atoms with E-state index in [0.717, 1.165) is 4.68 Å². The Morgan fingerprint density at radius 2 is 1.97 bits per heavy atom. The molecule has 0 amide bonds. The van der Waals surface area contributed by atoms with Crippen molar-refractivity contribution in [1.29, 1.82) is 0 Å². The lowest BCUT2D eigenvalue weighted by molar-refractivity contribution is 0.0842. The second-order valence-corrected chi connectivity index (χ2v) is 7.41. The molecule has 1 aliphatic rings. The van der Waals surface area contributed by atoms with E-state index in [0.29, 0.717) is 16.3 Å². The molecule has 1 saturated heterocycles. The molecular formula is C21H19ClFN3O4. The molecule has 0 radical (unpaired) electrons. The molecule has 3 N–H and O–H groups in total. The van der Waals surface area contributed by atoms with Crippen molar-refractivity contribution >= 4 is 11.6 Å². The fraction of sp³-hybridized carbons (Fsp3) is 0.238. The molecule has 0 aliphatic carbocycles. The third-order valence-corrected chi connectivity index (χ3v) is 5.10. The monoisotopic (exact) mass is 431 g/mol. The van der Waals surface area contributed by atoms with Crippen molar-refractivity contribution in [3.05, 3.63) is 81.4 Å². The van der Waals surface area contributed by atoms with Crippen LogP contribution >= 0.6 is 11.6 Å². The van der Waals surface area contributed by atoms with Gasteiger partial charge in [-0.1, -0.05) is 29.8 Å². The van der Waals surface area contributed by atoms with Gasteiger partial charge >= 0.3 is 0 Å². The Morgan fingerprint density at radius 3 is 2.63 bits per heavy atom. The van der Waals surface area contributed by atoms with Crippen molar-refractivity contribution in [3.8, 4) is 16.9 Å². The Morgan fingerprint density at radius 1 is 1.20 bits per heavy atom. The highest BCUT2D eigenvalue weighted by molar-refractivity contribution is 6.30. The van der Waals surface area contributed by atoms with Gasteiger partial charge < -0.3 is 14.9 Å². The van der Waals surface area contributed by atoms with E-state index >= 15 is 0 Å². The molecule has 1 fully saturated rings. The molecule has 1 aromatic heterocycles. The molecule has 1 aliphatic heterocycles. The molecular weight excluding hydrogens is 413 g/mol. The van der Waals surface area contributed by atoms with Crippen LogP contribution in [-0.4, -0.2) is 45.4 Å². The average molecular weight is 432 g/mol.